The third-order valence-electron chi connectivity index (χ3n) is 4.64. The van der Waals surface area contributed by atoms with Crippen molar-refractivity contribution in [2.24, 2.45) is 0 Å². The monoisotopic (exact) mass is 438 g/mol. The van der Waals surface area contributed by atoms with Gasteiger partial charge in [0.1, 0.15) is 4.90 Å². The lowest BCUT2D eigenvalue weighted by atomic mass is 10.2. The molecule has 2 aromatic carbocycles. The Morgan fingerprint density at radius 1 is 1.14 bits per heavy atom. The molecule has 2 N–H and O–H groups in total. The summed E-state index contributed by atoms with van der Waals surface area (Å²) in [6, 6.07) is 9.09. The van der Waals surface area contributed by atoms with Crippen LogP contribution in [-0.4, -0.2) is 40.4 Å². The van der Waals surface area contributed by atoms with Crippen molar-refractivity contribution in [3.05, 3.63) is 47.0 Å². The number of carbonyl (C=O) groups excluding carboxylic acids is 1. The van der Waals surface area contributed by atoms with Gasteiger partial charge < -0.3 is 19.5 Å². The highest BCUT2D eigenvalue weighted by molar-refractivity contribution is 7.89. The topological polar surface area (TPSA) is 103 Å². The van der Waals surface area contributed by atoms with Crippen LogP contribution in [0.5, 0.6) is 11.5 Å². The fourth-order valence-electron chi connectivity index (χ4n) is 3.11. The van der Waals surface area contributed by atoms with Crippen molar-refractivity contribution in [3.8, 4) is 11.5 Å². The van der Waals surface area contributed by atoms with Crippen LogP contribution >= 0.6 is 11.6 Å². The zero-order valence-electron chi connectivity index (χ0n) is 15.3. The van der Waals surface area contributed by atoms with Gasteiger partial charge in [-0.1, -0.05) is 11.6 Å². The van der Waals surface area contributed by atoms with Gasteiger partial charge in [-0.2, -0.15) is 0 Å². The summed E-state index contributed by atoms with van der Waals surface area (Å²) in [6.07, 6.45) is 1.55. The third kappa shape index (κ3) is 4.48. The number of carbonyl (C=O) groups is 1. The van der Waals surface area contributed by atoms with E-state index in [1.54, 1.807) is 18.2 Å². The summed E-state index contributed by atoms with van der Waals surface area (Å²) in [5.41, 5.74) is 0.652. The van der Waals surface area contributed by atoms with E-state index in [9.17, 15) is 13.2 Å². The molecule has 1 amide bonds. The van der Waals surface area contributed by atoms with Gasteiger partial charge in [0.15, 0.2) is 11.5 Å². The third-order valence-corrected chi connectivity index (χ3v) is 6.54. The second-order valence-corrected chi connectivity index (χ2v) is 8.80. The summed E-state index contributed by atoms with van der Waals surface area (Å²) in [7, 11) is -3.89. The summed E-state index contributed by atoms with van der Waals surface area (Å²) >= 11 is 6.09. The molecular formula is C19H19ClN2O6S. The highest BCUT2D eigenvalue weighted by Crippen LogP contribution is 2.34. The zero-order chi connectivity index (χ0) is 20.4. The number of anilines is 1. The fourth-order valence-corrected chi connectivity index (χ4v) is 4.70. The van der Waals surface area contributed by atoms with Crippen molar-refractivity contribution in [2.45, 2.75) is 23.8 Å². The Balaban J connectivity index is 1.50. The molecule has 154 valence electrons. The van der Waals surface area contributed by atoms with Gasteiger partial charge in [0.05, 0.1) is 11.1 Å². The molecule has 8 nitrogen and oxygen atoms in total. The van der Waals surface area contributed by atoms with Crippen LogP contribution in [0.3, 0.4) is 0 Å². The van der Waals surface area contributed by atoms with E-state index in [0.717, 1.165) is 12.8 Å². The SMILES string of the molecule is O=C(Nc1ccc2c(c1)OCO2)c1ccc(Cl)c(S(=O)(=O)NCC2CCCO2)c1. The van der Waals surface area contributed by atoms with Crippen LogP contribution in [0.1, 0.15) is 23.2 Å². The number of hydrogen-bond acceptors (Lipinski definition) is 6. The zero-order valence-corrected chi connectivity index (χ0v) is 16.9. The Kier molecular flexibility index (Phi) is 5.64. The number of benzene rings is 2. The number of fused-ring (bicyclic) bond motifs is 1. The lowest BCUT2D eigenvalue weighted by Crippen LogP contribution is -2.32. The van der Waals surface area contributed by atoms with Gasteiger partial charge in [0.25, 0.3) is 5.91 Å². The Hall–Kier alpha value is -2.33. The minimum atomic E-state index is -3.89. The predicted octanol–water partition coefficient (Wildman–Crippen LogP) is 2.78. The Bertz CT molecular complexity index is 1040. The number of sulfonamides is 1. The van der Waals surface area contributed by atoms with E-state index in [1.807, 2.05) is 0 Å². The molecule has 1 fully saturated rings. The van der Waals surface area contributed by atoms with E-state index in [0.29, 0.717) is 23.8 Å². The molecule has 2 aromatic rings. The molecule has 29 heavy (non-hydrogen) atoms. The van der Waals surface area contributed by atoms with E-state index in [4.69, 9.17) is 25.8 Å². The normalized spacial score (nSPS) is 18.0. The number of ether oxygens (including phenoxy) is 3. The Labute approximate surface area is 173 Å². The van der Waals surface area contributed by atoms with Crippen LogP contribution in [0, 0.1) is 0 Å². The van der Waals surface area contributed by atoms with Crippen molar-refractivity contribution < 1.29 is 27.4 Å². The molecule has 4 rings (SSSR count). The minimum Gasteiger partial charge on any atom is -0.454 e. The largest absolute Gasteiger partial charge is 0.454 e. The van der Waals surface area contributed by atoms with Gasteiger partial charge in [0.2, 0.25) is 16.8 Å². The number of hydrogen-bond donors (Lipinski definition) is 2. The van der Waals surface area contributed by atoms with Crippen LogP contribution in [0.2, 0.25) is 5.02 Å². The average Bonchev–Trinajstić information content (AvgIpc) is 3.38. The molecule has 2 heterocycles. The first kappa shape index (κ1) is 20.0. The first-order valence-electron chi connectivity index (χ1n) is 9.04. The molecule has 0 radical (unpaired) electrons. The van der Waals surface area contributed by atoms with Crippen molar-refractivity contribution in [1.82, 2.24) is 4.72 Å². The maximum absolute atomic E-state index is 12.7. The smallest absolute Gasteiger partial charge is 0.255 e. The summed E-state index contributed by atoms with van der Waals surface area (Å²) in [5, 5.41) is 2.74. The molecule has 0 spiro atoms. The predicted molar refractivity (Wildman–Crippen MR) is 106 cm³/mol. The Morgan fingerprint density at radius 2 is 1.97 bits per heavy atom. The fraction of sp³-hybridized carbons (Fsp3) is 0.316. The molecule has 1 unspecified atom stereocenters. The quantitative estimate of drug-likeness (QED) is 0.718. The van der Waals surface area contributed by atoms with Crippen LogP contribution in [0.4, 0.5) is 5.69 Å². The first-order chi connectivity index (χ1) is 13.9. The van der Waals surface area contributed by atoms with Crippen molar-refractivity contribution in [2.75, 3.05) is 25.3 Å². The van der Waals surface area contributed by atoms with Gasteiger partial charge in [-0.25, -0.2) is 13.1 Å². The molecule has 0 aliphatic carbocycles. The molecular weight excluding hydrogens is 420 g/mol. The number of nitrogens with one attached hydrogen (secondary N) is 2. The van der Waals surface area contributed by atoms with Crippen LogP contribution in [0.15, 0.2) is 41.3 Å². The van der Waals surface area contributed by atoms with Crippen LogP contribution in [-0.2, 0) is 14.8 Å². The van der Waals surface area contributed by atoms with E-state index >= 15 is 0 Å². The van der Waals surface area contributed by atoms with Crippen LogP contribution < -0.4 is 19.5 Å². The van der Waals surface area contributed by atoms with Crippen molar-refractivity contribution in [1.29, 1.82) is 0 Å². The second-order valence-electron chi connectivity index (χ2n) is 6.65. The standard InChI is InChI=1S/C19H19ClN2O6S/c20-15-5-3-12(8-18(15)29(24,25)21-10-14-2-1-7-26-14)19(23)22-13-4-6-16-17(9-13)28-11-27-16/h3-6,8-9,14,21H,1-2,7,10-11H2,(H,22,23). The average molecular weight is 439 g/mol. The van der Waals surface area contributed by atoms with Gasteiger partial charge in [0, 0.05) is 30.5 Å². The number of rotatable bonds is 6. The summed E-state index contributed by atoms with van der Waals surface area (Å²) in [6.45, 7) is 0.916. The van der Waals surface area contributed by atoms with Gasteiger partial charge in [-0.15, -0.1) is 0 Å². The Morgan fingerprint density at radius 3 is 2.76 bits per heavy atom. The van der Waals surface area contributed by atoms with E-state index in [2.05, 4.69) is 10.0 Å². The van der Waals surface area contributed by atoms with Crippen molar-refractivity contribution >= 4 is 33.2 Å². The molecule has 0 bridgehead atoms. The molecule has 1 saturated heterocycles. The van der Waals surface area contributed by atoms with Crippen LogP contribution in [0.25, 0.3) is 0 Å². The maximum Gasteiger partial charge on any atom is 0.255 e. The lowest BCUT2D eigenvalue weighted by molar-refractivity contribution is 0.102. The van der Waals surface area contributed by atoms with E-state index < -0.39 is 15.9 Å². The van der Waals surface area contributed by atoms with E-state index in [-0.39, 0.29) is 34.9 Å². The minimum absolute atomic E-state index is 0.0319. The summed E-state index contributed by atoms with van der Waals surface area (Å²) < 4.78 is 43.8. The van der Waals surface area contributed by atoms with Gasteiger partial charge in [-0.05, 0) is 43.2 Å². The first-order valence-corrected chi connectivity index (χ1v) is 10.9. The number of halogens is 1. The summed E-state index contributed by atoms with van der Waals surface area (Å²) in [5.74, 6) is 0.650. The molecule has 2 aliphatic heterocycles. The lowest BCUT2D eigenvalue weighted by Gasteiger charge is -2.13. The highest BCUT2D eigenvalue weighted by atomic mass is 35.5. The molecule has 2 aliphatic rings. The van der Waals surface area contributed by atoms with E-state index in [1.165, 1.54) is 18.2 Å². The van der Waals surface area contributed by atoms with Gasteiger partial charge in [-0.3, -0.25) is 4.79 Å². The molecule has 10 heteroatoms. The highest BCUT2D eigenvalue weighted by Gasteiger charge is 2.23. The molecule has 1 atom stereocenters. The number of amides is 1. The van der Waals surface area contributed by atoms with Gasteiger partial charge >= 0.3 is 0 Å². The maximum atomic E-state index is 12.7. The summed E-state index contributed by atoms with van der Waals surface area (Å²) in [4.78, 5) is 12.5. The second kappa shape index (κ2) is 8.19. The molecule has 0 saturated carbocycles. The van der Waals surface area contributed by atoms with Crippen molar-refractivity contribution in [3.63, 3.8) is 0 Å². The molecule has 0 aromatic heterocycles.